The van der Waals surface area contributed by atoms with Crippen LogP contribution < -0.4 is 5.32 Å². The van der Waals surface area contributed by atoms with Crippen LogP contribution in [0, 0.1) is 5.92 Å². The molecule has 0 radical (unpaired) electrons. The van der Waals surface area contributed by atoms with Crippen molar-refractivity contribution in [1.29, 1.82) is 0 Å². The van der Waals surface area contributed by atoms with Gasteiger partial charge in [0.2, 0.25) is 12.2 Å². The van der Waals surface area contributed by atoms with Gasteiger partial charge in [-0.3, -0.25) is 4.79 Å². The lowest BCUT2D eigenvalue weighted by molar-refractivity contribution is -0.182. The summed E-state index contributed by atoms with van der Waals surface area (Å²) in [5.74, 6) is -2.76. The van der Waals surface area contributed by atoms with Crippen molar-refractivity contribution in [3.8, 4) is 0 Å². The SMILES string of the molecule is CCOC(=O)O[C@H](C)OC(=O)[C@@H]1N2C(=O)[C@H](CNC(=O)OCc3ccccc3)[C@H]2S(=O)(=O)C1(C)C. The fourth-order valence-corrected chi connectivity index (χ4v) is 6.40. The highest BCUT2D eigenvalue weighted by Crippen LogP contribution is 2.48. The van der Waals surface area contributed by atoms with Crippen molar-refractivity contribution >= 4 is 34.0 Å². The maximum Gasteiger partial charge on any atom is 0.511 e. The average molecular weight is 513 g/mol. The first-order valence-electron chi connectivity index (χ1n) is 11.0. The van der Waals surface area contributed by atoms with E-state index in [1.807, 2.05) is 6.07 Å². The third kappa shape index (κ3) is 5.04. The van der Waals surface area contributed by atoms with Crippen molar-refractivity contribution in [2.75, 3.05) is 13.2 Å². The minimum atomic E-state index is -4.03. The van der Waals surface area contributed by atoms with E-state index in [9.17, 15) is 27.6 Å². The number of nitrogens with zero attached hydrogens (tertiary/aromatic N) is 1. The van der Waals surface area contributed by atoms with Crippen LogP contribution >= 0.6 is 0 Å². The first-order valence-corrected chi connectivity index (χ1v) is 12.5. The van der Waals surface area contributed by atoms with Gasteiger partial charge in [0.1, 0.15) is 18.0 Å². The van der Waals surface area contributed by atoms with Crippen molar-refractivity contribution in [2.24, 2.45) is 5.92 Å². The minimum absolute atomic E-state index is 0.00609. The number of ether oxygens (including phenoxy) is 4. The number of sulfone groups is 1. The zero-order valence-electron chi connectivity index (χ0n) is 19.8. The molecule has 2 amide bonds. The number of alkyl carbamates (subject to hydrolysis) is 1. The van der Waals surface area contributed by atoms with Gasteiger partial charge in [0.25, 0.3) is 0 Å². The quantitative estimate of drug-likeness (QED) is 0.233. The number of carbonyl (C=O) groups excluding carboxylic acids is 4. The molecule has 0 aliphatic carbocycles. The molecular formula is C22H28N2O10S. The van der Waals surface area contributed by atoms with Gasteiger partial charge in [0.05, 0.1) is 17.3 Å². The van der Waals surface area contributed by atoms with Gasteiger partial charge >= 0.3 is 18.2 Å². The summed E-state index contributed by atoms with van der Waals surface area (Å²) in [5.41, 5.74) is 0.760. The first kappa shape index (κ1) is 26.3. The van der Waals surface area contributed by atoms with Crippen LogP contribution in [-0.2, 0) is 45.0 Å². The van der Waals surface area contributed by atoms with Crippen molar-refractivity contribution in [3.63, 3.8) is 0 Å². The fraction of sp³-hybridized carbons (Fsp3) is 0.545. The second-order valence-electron chi connectivity index (χ2n) is 8.54. The molecular weight excluding hydrogens is 484 g/mol. The molecule has 12 nitrogen and oxygen atoms in total. The van der Waals surface area contributed by atoms with Crippen LogP contribution in [0.25, 0.3) is 0 Å². The monoisotopic (exact) mass is 512 g/mol. The Kier molecular flexibility index (Phi) is 7.58. The number of nitrogens with one attached hydrogen (secondary N) is 1. The summed E-state index contributed by atoms with van der Waals surface area (Å²) in [6.45, 7) is 5.22. The molecule has 2 fully saturated rings. The summed E-state index contributed by atoms with van der Waals surface area (Å²) in [6, 6.07) is 7.47. The molecule has 4 atom stereocenters. The largest absolute Gasteiger partial charge is 0.511 e. The van der Waals surface area contributed by atoms with Crippen LogP contribution in [0.5, 0.6) is 0 Å². The van der Waals surface area contributed by atoms with E-state index in [2.05, 4.69) is 10.1 Å². The van der Waals surface area contributed by atoms with Gasteiger partial charge in [0, 0.05) is 13.5 Å². The van der Waals surface area contributed by atoms with E-state index in [1.165, 1.54) is 20.8 Å². The summed E-state index contributed by atoms with van der Waals surface area (Å²) in [5, 5.41) is 1.09. The van der Waals surface area contributed by atoms with Crippen LogP contribution in [-0.4, -0.2) is 73.0 Å². The fourth-order valence-electron chi connectivity index (χ4n) is 4.08. The molecule has 0 saturated carbocycles. The van der Waals surface area contributed by atoms with E-state index in [0.717, 1.165) is 10.5 Å². The molecule has 2 heterocycles. The number of benzene rings is 1. The van der Waals surface area contributed by atoms with Crippen LogP contribution in [0.1, 0.15) is 33.3 Å². The molecule has 0 unspecified atom stereocenters. The molecule has 3 rings (SSSR count). The van der Waals surface area contributed by atoms with Gasteiger partial charge < -0.3 is 29.2 Å². The number of amides is 2. The minimum Gasteiger partial charge on any atom is -0.445 e. The van der Waals surface area contributed by atoms with E-state index < -0.39 is 62.3 Å². The topological polar surface area (TPSA) is 155 Å². The molecule has 1 aromatic carbocycles. The number of β-lactam (4-membered cyclic amide) rings is 1. The zero-order valence-corrected chi connectivity index (χ0v) is 20.6. The van der Waals surface area contributed by atoms with Gasteiger partial charge in [0.15, 0.2) is 9.84 Å². The lowest BCUT2D eigenvalue weighted by Crippen LogP contribution is -2.66. The smallest absolute Gasteiger partial charge is 0.445 e. The summed E-state index contributed by atoms with van der Waals surface area (Å²) in [6.07, 6.45) is -3.24. The second kappa shape index (κ2) is 10.1. The van der Waals surface area contributed by atoms with Crippen LogP contribution in [0.15, 0.2) is 30.3 Å². The molecule has 1 N–H and O–H groups in total. The Morgan fingerprint density at radius 2 is 1.77 bits per heavy atom. The summed E-state index contributed by atoms with van der Waals surface area (Å²) in [7, 11) is -4.03. The molecule has 0 bridgehead atoms. The summed E-state index contributed by atoms with van der Waals surface area (Å²) >= 11 is 0. The Morgan fingerprint density at radius 1 is 1.11 bits per heavy atom. The summed E-state index contributed by atoms with van der Waals surface area (Å²) in [4.78, 5) is 50.1. The summed E-state index contributed by atoms with van der Waals surface area (Å²) < 4.78 is 44.3. The lowest BCUT2D eigenvalue weighted by atomic mass is 9.91. The molecule has 2 aliphatic rings. The number of hydrogen-bond acceptors (Lipinski definition) is 10. The number of esters is 1. The molecule has 0 spiro atoms. The van der Waals surface area contributed by atoms with E-state index in [4.69, 9.17) is 14.2 Å². The number of carbonyl (C=O) groups is 4. The highest BCUT2D eigenvalue weighted by molar-refractivity contribution is 7.93. The van der Waals surface area contributed by atoms with Gasteiger partial charge in [-0.2, -0.15) is 0 Å². The van der Waals surface area contributed by atoms with Gasteiger partial charge in [-0.15, -0.1) is 0 Å². The van der Waals surface area contributed by atoms with Crippen molar-refractivity contribution < 1.29 is 46.5 Å². The highest BCUT2D eigenvalue weighted by Gasteiger charge is 2.72. The van der Waals surface area contributed by atoms with Crippen LogP contribution in [0.2, 0.25) is 0 Å². The normalized spacial score (nSPS) is 24.4. The predicted molar refractivity (Wildman–Crippen MR) is 119 cm³/mol. The van der Waals surface area contributed by atoms with E-state index >= 15 is 0 Å². The zero-order chi connectivity index (χ0) is 26.0. The molecule has 2 aliphatic heterocycles. The molecule has 0 aromatic heterocycles. The van der Waals surface area contributed by atoms with Crippen molar-refractivity contribution in [2.45, 2.75) is 56.8 Å². The van der Waals surface area contributed by atoms with Gasteiger partial charge in [-0.25, -0.2) is 22.8 Å². The molecule has 192 valence electrons. The third-order valence-electron chi connectivity index (χ3n) is 5.89. The van der Waals surface area contributed by atoms with Crippen molar-refractivity contribution in [1.82, 2.24) is 10.2 Å². The maximum atomic E-state index is 13.2. The molecule has 35 heavy (non-hydrogen) atoms. The lowest BCUT2D eigenvalue weighted by Gasteiger charge is -2.43. The Morgan fingerprint density at radius 3 is 2.40 bits per heavy atom. The Balaban J connectivity index is 1.63. The maximum absolute atomic E-state index is 13.2. The first-order chi connectivity index (χ1) is 16.4. The number of rotatable bonds is 8. The van der Waals surface area contributed by atoms with Crippen molar-refractivity contribution in [3.05, 3.63) is 35.9 Å². The second-order valence-corrected chi connectivity index (χ2v) is 11.2. The van der Waals surface area contributed by atoms with Crippen LogP contribution in [0.3, 0.4) is 0 Å². The Hall–Kier alpha value is -3.35. The van der Waals surface area contributed by atoms with E-state index in [-0.39, 0.29) is 19.8 Å². The average Bonchev–Trinajstić information content (AvgIpc) is 2.93. The molecule has 1 aromatic rings. The highest BCUT2D eigenvalue weighted by atomic mass is 32.2. The predicted octanol–water partition coefficient (Wildman–Crippen LogP) is 1.34. The standard InChI is InChI=1S/C22H28N2O10S/c1-5-31-21(28)34-13(2)33-19(26)16-22(3,4)35(29,30)18-15(17(25)24(16)18)11-23-20(27)32-12-14-9-7-6-8-10-14/h6-10,13,15-16,18H,5,11-12H2,1-4H3,(H,23,27)/t13-,15+,16+,18-/m1/s1. The molecule has 2 saturated heterocycles. The Labute approximate surface area is 202 Å². The van der Waals surface area contributed by atoms with E-state index in [0.29, 0.717) is 0 Å². The molecule has 13 heteroatoms. The van der Waals surface area contributed by atoms with Crippen LogP contribution in [0.4, 0.5) is 9.59 Å². The number of fused-ring (bicyclic) bond motifs is 1. The Bertz CT molecular complexity index is 1090. The third-order valence-corrected chi connectivity index (χ3v) is 8.77. The van der Waals surface area contributed by atoms with Gasteiger partial charge in [-0.1, -0.05) is 30.3 Å². The van der Waals surface area contributed by atoms with E-state index in [1.54, 1.807) is 31.2 Å². The number of hydrogen-bond donors (Lipinski definition) is 1. The van der Waals surface area contributed by atoms with Gasteiger partial charge in [-0.05, 0) is 26.3 Å².